The number of hydrogen-bond donors (Lipinski definition) is 1. The van der Waals surface area contributed by atoms with Gasteiger partial charge < -0.3 is 9.84 Å². The zero-order chi connectivity index (χ0) is 12.2. The van der Waals surface area contributed by atoms with Crippen LogP contribution < -0.4 is 0 Å². The van der Waals surface area contributed by atoms with Crippen molar-refractivity contribution in [2.24, 2.45) is 0 Å². The molecule has 1 aromatic carbocycles. The van der Waals surface area contributed by atoms with Crippen molar-refractivity contribution >= 4 is 11.6 Å². The molecule has 0 saturated heterocycles. The summed E-state index contributed by atoms with van der Waals surface area (Å²) in [5.41, 5.74) is -0.630. The standard InChI is InChI=1S/C12H16ClFO2/c1-3-12(15,8-16-2)7-9-6-10(13)4-5-11(9)14/h4-6,15H,3,7-8H2,1-2H3. The van der Waals surface area contributed by atoms with Gasteiger partial charge >= 0.3 is 0 Å². The lowest BCUT2D eigenvalue weighted by Gasteiger charge is -2.26. The van der Waals surface area contributed by atoms with Crippen molar-refractivity contribution in [1.82, 2.24) is 0 Å². The number of benzene rings is 1. The summed E-state index contributed by atoms with van der Waals surface area (Å²) in [5, 5.41) is 10.6. The van der Waals surface area contributed by atoms with E-state index in [0.717, 1.165) is 0 Å². The molecule has 1 atom stereocenters. The topological polar surface area (TPSA) is 29.5 Å². The van der Waals surface area contributed by atoms with Crippen LogP contribution in [-0.4, -0.2) is 24.4 Å². The first-order chi connectivity index (χ1) is 7.50. The normalized spacial score (nSPS) is 14.8. The summed E-state index contributed by atoms with van der Waals surface area (Å²) in [6.45, 7) is 2.01. The number of ether oxygens (including phenoxy) is 1. The van der Waals surface area contributed by atoms with Gasteiger partial charge in [-0.1, -0.05) is 18.5 Å². The molecule has 0 heterocycles. The largest absolute Gasteiger partial charge is 0.387 e. The summed E-state index contributed by atoms with van der Waals surface area (Å²) >= 11 is 5.79. The number of rotatable bonds is 5. The van der Waals surface area contributed by atoms with Gasteiger partial charge in [-0.25, -0.2) is 4.39 Å². The monoisotopic (exact) mass is 246 g/mol. The van der Waals surface area contributed by atoms with Gasteiger partial charge in [-0.3, -0.25) is 0 Å². The maximum atomic E-state index is 13.5. The van der Waals surface area contributed by atoms with Crippen molar-refractivity contribution in [2.45, 2.75) is 25.4 Å². The summed E-state index contributed by atoms with van der Waals surface area (Å²) in [5.74, 6) is -0.354. The molecule has 0 radical (unpaired) electrons. The maximum Gasteiger partial charge on any atom is 0.126 e. The lowest BCUT2D eigenvalue weighted by molar-refractivity contribution is -0.0338. The molecule has 1 aromatic rings. The van der Waals surface area contributed by atoms with Crippen LogP contribution in [0.25, 0.3) is 0 Å². The molecule has 0 aromatic heterocycles. The Labute approximate surface area is 100.0 Å². The van der Waals surface area contributed by atoms with E-state index in [1.54, 1.807) is 0 Å². The van der Waals surface area contributed by atoms with Crippen LogP contribution in [0.5, 0.6) is 0 Å². The number of methoxy groups -OCH3 is 1. The lowest BCUT2D eigenvalue weighted by atomic mass is 9.92. The third kappa shape index (κ3) is 3.44. The Bertz CT molecular complexity index is 357. The fourth-order valence-electron chi connectivity index (χ4n) is 1.58. The third-order valence-electron chi connectivity index (χ3n) is 2.60. The molecule has 0 bridgehead atoms. The molecule has 1 unspecified atom stereocenters. The number of aliphatic hydroxyl groups is 1. The van der Waals surface area contributed by atoms with Gasteiger partial charge in [0.15, 0.2) is 0 Å². The molecule has 1 N–H and O–H groups in total. The van der Waals surface area contributed by atoms with Crippen LogP contribution in [0, 0.1) is 5.82 Å². The first-order valence-corrected chi connectivity index (χ1v) is 5.54. The van der Waals surface area contributed by atoms with Crippen molar-refractivity contribution in [3.8, 4) is 0 Å². The Morgan fingerprint density at radius 3 is 2.75 bits per heavy atom. The summed E-state index contributed by atoms with van der Waals surface area (Å²) in [7, 11) is 1.51. The van der Waals surface area contributed by atoms with Crippen molar-refractivity contribution in [1.29, 1.82) is 0 Å². The van der Waals surface area contributed by atoms with Crippen LogP contribution in [0.4, 0.5) is 4.39 Å². The van der Waals surface area contributed by atoms with Crippen molar-refractivity contribution in [3.63, 3.8) is 0 Å². The van der Waals surface area contributed by atoms with E-state index in [9.17, 15) is 9.50 Å². The quantitative estimate of drug-likeness (QED) is 0.866. The second-order valence-electron chi connectivity index (χ2n) is 3.92. The minimum absolute atomic E-state index is 0.176. The molecule has 0 spiro atoms. The first kappa shape index (κ1) is 13.4. The van der Waals surface area contributed by atoms with Gasteiger partial charge in [0.2, 0.25) is 0 Å². The van der Waals surface area contributed by atoms with Crippen LogP contribution >= 0.6 is 11.6 Å². The van der Waals surface area contributed by atoms with Crippen LogP contribution in [0.2, 0.25) is 5.02 Å². The Hall–Kier alpha value is -0.640. The number of halogens is 2. The summed E-state index contributed by atoms with van der Waals surface area (Å²) in [4.78, 5) is 0. The van der Waals surface area contributed by atoms with Gasteiger partial charge in [0.25, 0.3) is 0 Å². The van der Waals surface area contributed by atoms with E-state index >= 15 is 0 Å². The van der Waals surface area contributed by atoms with Gasteiger partial charge in [-0.05, 0) is 30.2 Å². The van der Waals surface area contributed by atoms with Crippen LogP contribution in [0.1, 0.15) is 18.9 Å². The van der Waals surface area contributed by atoms with E-state index in [4.69, 9.17) is 16.3 Å². The Morgan fingerprint density at radius 1 is 1.50 bits per heavy atom. The molecule has 16 heavy (non-hydrogen) atoms. The van der Waals surface area contributed by atoms with Gasteiger partial charge in [-0.2, -0.15) is 0 Å². The highest BCUT2D eigenvalue weighted by Gasteiger charge is 2.26. The van der Waals surface area contributed by atoms with Crippen molar-refractivity contribution in [2.75, 3.05) is 13.7 Å². The molecule has 0 amide bonds. The SMILES string of the molecule is CCC(O)(COC)Cc1cc(Cl)ccc1F. The molecular formula is C12H16ClFO2. The summed E-state index contributed by atoms with van der Waals surface area (Å²) < 4.78 is 18.4. The molecule has 2 nitrogen and oxygen atoms in total. The van der Waals surface area contributed by atoms with Crippen molar-refractivity contribution < 1.29 is 14.2 Å². The van der Waals surface area contributed by atoms with Gasteiger partial charge in [-0.15, -0.1) is 0 Å². The first-order valence-electron chi connectivity index (χ1n) is 5.16. The minimum atomic E-state index is -1.04. The summed E-state index contributed by atoms with van der Waals surface area (Å²) in [6.07, 6.45) is 0.691. The van der Waals surface area contributed by atoms with Crippen LogP contribution in [-0.2, 0) is 11.2 Å². The second-order valence-corrected chi connectivity index (χ2v) is 4.36. The molecule has 4 heteroatoms. The highest BCUT2D eigenvalue weighted by molar-refractivity contribution is 6.30. The van der Waals surface area contributed by atoms with Crippen LogP contribution in [0.3, 0.4) is 0 Å². The Balaban J connectivity index is 2.89. The zero-order valence-electron chi connectivity index (χ0n) is 9.46. The van der Waals surface area contributed by atoms with Crippen molar-refractivity contribution in [3.05, 3.63) is 34.6 Å². The predicted octanol–water partition coefficient (Wildman–Crippen LogP) is 2.81. The van der Waals surface area contributed by atoms with E-state index in [-0.39, 0.29) is 18.8 Å². The molecule has 0 aliphatic rings. The molecule has 0 fully saturated rings. The molecule has 0 saturated carbocycles. The van der Waals surface area contributed by atoms with E-state index in [1.807, 2.05) is 6.92 Å². The smallest absolute Gasteiger partial charge is 0.126 e. The fraction of sp³-hybridized carbons (Fsp3) is 0.500. The molecular weight excluding hydrogens is 231 g/mol. The highest BCUT2D eigenvalue weighted by Crippen LogP contribution is 2.22. The highest BCUT2D eigenvalue weighted by atomic mass is 35.5. The lowest BCUT2D eigenvalue weighted by Crippen LogP contribution is -2.36. The summed E-state index contributed by atoms with van der Waals surface area (Å²) in [6, 6.07) is 4.33. The average molecular weight is 247 g/mol. The Kier molecular flexibility index (Phi) is 4.71. The van der Waals surface area contributed by atoms with Gasteiger partial charge in [0.1, 0.15) is 5.82 Å². The molecule has 90 valence electrons. The third-order valence-corrected chi connectivity index (χ3v) is 2.83. The van der Waals surface area contributed by atoms with E-state index in [2.05, 4.69) is 0 Å². The van der Waals surface area contributed by atoms with E-state index in [1.165, 1.54) is 25.3 Å². The predicted molar refractivity (Wildman–Crippen MR) is 62.2 cm³/mol. The van der Waals surface area contributed by atoms with Crippen LogP contribution in [0.15, 0.2) is 18.2 Å². The maximum absolute atomic E-state index is 13.5. The fourth-order valence-corrected chi connectivity index (χ4v) is 1.77. The molecule has 0 aliphatic heterocycles. The minimum Gasteiger partial charge on any atom is -0.387 e. The zero-order valence-corrected chi connectivity index (χ0v) is 10.2. The Morgan fingerprint density at radius 2 is 2.19 bits per heavy atom. The molecule has 0 aliphatic carbocycles. The average Bonchev–Trinajstić information content (AvgIpc) is 2.24. The van der Waals surface area contributed by atoms with E-state index in [0.29, 0.717) is 17.0 Å². The van der Waals surface area contributed by atoms with E-state index < -0.39 is 5.60 Å². The number of hydrogen-bond acceptors (Lipinski definition) is 2. The second kappa shape index (κ2) is 5.62. The van der Waals surface area contributed by atoms with Gasteiger partial charge in [0, 0.05) is 18.6 Å². The van der Waals surface area contributed by atoms with Gasteiger partial charge in [0.05, 0.1) is 12.2 Å². The molecule has 1 rings (SSSR count).